The molecule has 86 valence electrons. The highest BCUT2D eigenvalue weighted by atomic mass is 16.6. The lowest BCUT2D eigenvalue weighted by Crippen LogP contribution is -2.17. The number of benzene rings is 1. The average molecular weight is 221 g/mol. The minimum absolute atomic E-state index is 0.128. The van der Waals surface area contributed by atoms with E-state index >= 15 is 0 Å². The van der Waals surface area contributed by atoms with E-state index in [0.29, 0.717) is 6.61 Å². The summed E-state index contributed by atoms with van der Waals surface area (Å²) in [5.74, 6) is 0.734. The van der Waals surface area contributed by atoms with Crippen LogP contribution in [0.15, 0.2) is 24.3 Å². The van der Waals surface area contributed by atoms with Crippen LogP contribution < -0.4 is 0 Å². The molecule has 0 radical (unpaired) electrons. The second-order valence-electron chi connectivity index (χ2n) is 4.24. The van der Waals surface area contributed by atoms with Crippen LogP contribution in [0.2, 0.25) is 0 Å². The molecule has 0 amide bonds. The Bertz CT molecular complexity index is 357. The maximum atomic E-state index is 10.4. The minimum Gasteiger partial charge on any atom is -0.376 e. The van der Waals surface area contributed by atoms with Gasteiger partial charge in [-0.2, -0.15) is 0 Å². The van der Waals surface area contributed by atoms with Crippen LogP contribution >= 0.6 is 0 Å². The van der Waals surface area contributed by atoms with Gasteiger partial charge in [0.25, 0.3) is 5.69 Å². The molecule has 1 aliphatic carbocycles. The van der Waals surface area contributed by atoms with Crippen LogP contribution in [0.25, 0.3) is 0 Å². The van der Waals surface area contributed by atoms with Crippen molar-refractivity contribution >= 4 is 5.69 Å². The summed E-state index contributed by atoms with van der Waals surface area (Å²) in [7, 11) is 0. The molecule has 0 bridgehead atoms. The van der Waals surface area contributed by atoms with Crippen molar-refractivity contribution in [1.82, 2.24) is 0 Å². The maximum Gasteiger partial charge on any atom is 0.269 e. The Morgan fingerprint density at radius 2 is 2.00 bits per heavy atom. The fourth-order valence-corrected chi connectivity index (χ4v) is 1.72. The molecule has 0 spiro atoms. The van der Waals surface area contributed by atoms with Gasteiger partial charge in [-0.15, -0.1) is 0 Å². The number of rotatable bonds is 5. The fraction of sp³-hybridized carbons (Fsp3) is 0.500. The predicted octanol–water partition coefficient (Wildman–Crippen LogP) is 2.91. The Morgan fingerprint density at radius 3 is 2.50 bits per heavy atom. The number of nitrogens with zero attached hydrogens (tertiary/aromatic N) is 1. The van der Waals surface area contributed by atoms with Crippen molar-refractivity contribution in [2.75, 3.05) is 6.61 Å². The van der Waals surface area contributed by atoms with E-state index in [1.54, 1.807) is 12.1 Å². The van der Waals surface area contributed by atoms with E-state index in [4.69, 9.17) is 4.74 Å². The Kier molecular flexibility index (Phi) is 3.51. The summed E-state index contributed by atoms with van der Waals surface area (Å²) in [6.07, 6.45) is 3.88. The van der Waals surface area contributed by atoms with E-state index in [9.17, 15) is 10.1 Å². The summed E-state index contributed by atoms with van der Waals surface area (Å²) in [5, 5.41) is 10.4. The van der Waals surface area contributed by atoms with Gasteiger partial charge < -0.3 is 4.74 Å². The molecule has 4 heteroatoms. The number of non-ortho nitro benzene ring substituents is 1. The van der Waals surface area contributed by atoms with Crippen molar-refractivity contribution in [1.29, 1.82) is 0 Å². The van der Waals surface area contributed by atoms with Gasteiger partial charge in [0.2, 0.25) is 0 Å². The van der Waals surface area contributed by atoms with Crippen molar-refractivity contribution < 1.29 is 9.66 Å². The fourth-order valence-electron chi connectivity index (χ4n) is 1.72. The number of hydrogen-bond acceptors (Lipinski definition) is 3. The molecule has 1 aliphatic rings. The molecule has 0 heterocycles. The molecule has 4 nitrogen and oxygen atoms in total. The van der Waals surface area contributed by atoms with Crippen LogP contribution in [-0.2, 0) is 11.3 Å². The number of nitro groups is 1. The second kappa shape index (κ2) is 5.07. The molecule has 1 aromatic carbocycles. The summed E-state index contributed by atoms with van der Waals surface area (Å²) in [5.41, 5.74) is 1.12. The van der Waals surface area contributed by atoms with Crippen molar-refractivity contribution in [2.45, 2.75) is 25.9 Å². The van der Waals surface area contributed by atoms with Gasteiger partial charge in [-0.1, -0.05) is 6.42 Å². The van der Waals surface area contributed by atoms with Gasteiger partial charge in [0.1, 0.15) is 0 Å². The summed E-state index contributed by atoms with van der Waals surface area (Å²) in [6.45, 7) is 1.37. The number of hydrogen-bond donors (Lipinski definition) is 0. The molecular formula is C12H15NO3. The van der Waals surface area contributed by atoms with Gasteiger partial charge in [0.05, 0.1) is 11.5 Å². The SMILES string of the molecule is O=[N+]([O-])c1ccc(COCC2CCC2)cc1. The van der Waals surface area contributed by atoms with E-state index in [-0.39, 0.29) is 10.6 Å². The van der Waals surface area contributed by atoms with Crippen LogP contribution in [0.1, 0.15) is 24.8 Å². The average Bonchev–Trinajstić information content (AvgIpc) is 2.22. The summed E-state index contributed by atoms with van der Waals surface area (Å²) < 4.78 is 5.55. The van der Waals surface area contributed by atoms with Gasteiger partial charge in [-0.25, -0.2) is 0 Å². The van der Waals surface area contributed by atoms with Gasteiger partial charge in [-0.3, -0.25) is 10.1 Å². The number of nitro benzene ring substituents is 1. The lowest BCUT2D eigenvalue weighted by atomic mass is 9.86. The van der Waals surface area contributed by atoms with E-state index in [1.165, 1.54) is 31.4 Å². The normalized spacial score (nSPS) is 15.8. The molecule has 0 unspecified atom stereocenters. The Morgan fingerprint density at radius 1 is 1.31 bits per heavy atom. The predicted molar refractivity (Wildman–Crippen MR) is 60.1 cm³/mol. The van der Waals surface area contributed by atoms with Gasteiger partial charge >= 0.3 is 0 Å². The first kappa shape index (κ1) is 11.1. The zero-order chi connectivity index (χ0) is 11.4. The zero-order valence-electron chi connectivity index (χ0n) is 9.09. The molecule has 2 rings (SSSR count). The molecule has 1 saturated carbocycles. The largest absolute Gasteiger partial charge is 0.376 e. The van der Waals surface area contributed by atoms with Crippen LogP contribution in [0, 0.1) is 16.0 Å². The Hall–Kier alpha value is -1.42. The highest BCUT2D eigenvalue weighted by Gasteiger charge is 2.17. The molecule has 0 aromatic heterocycles. The van der Waals surface area contributed by atoms with Crippen molar-refractivity contribution in [3.8, 4) is 0 Å². The third-order valence-electron chi connectivity index (χ3n) is 2.99. The van der Waals surface area contributed by atoms with Crippen LogP contribution in [0.3, 0.4) is 0 Å². The first-order chi connectivity index (χ1) is 7.75. The first-order valence-corrected chi connectivity index (χ1v) is 5.57. The van der Waals surface area contributed by atoms with E-state index in [2.05, 4.69) is 0 Å². The van der Waals surface area contributed by atoms with E-state index in [0.717, 1.165) is 18.1 Å². The molecule has 0 aliphatic heterocycles. The zero-order valence-corrected chi connectivity index (χ0v) is 9.09. The molecular weight excluding hydrogens is 206 g/mol. The third kappa shape index (κ3) is 2.79. The third-order valence-corrected chi connectivity index (χ3v) is 2.99. The van der Waals surface area contributed by atoms with Crippen LogP contribution in [0.4, 0.5) is 5.69 Å². The smallest absolute Gasteiger partial charge is 0.269 e. The summed E-state index contributed by atoms with van der Waals surface area (Å²) >= 11 is 0. The molecule has 0 N–H and O–H groups in total. The van der Waals surface area contributed by atoms with Crippen LogP contribution in [0.5, 0.6) is 0 Å². The Balaban J connectivity index is 1.78. The van der Waals surface area contributed by atoms with Crippen molar-refractivity contribution in [3.05, 3.63) is 39.9 Å². The lowest BCUT2D eigenvalue weighted by Gasteiger charge is -2.24. The number of ether oxygens (including phenoxy) is 1. The maximum absolute atomic E-state index is 10.4. The summed E-state index contributed by atoms with van der Waals surface area (Å²) in [6, 6.07) is 6.53. The van der Waals surface area contributed by atoms with E-state index in [1.807, 2.05) is 0 Å². The van der Waals surface area contributed by atoms with Crippen LogP contribution in [-0.4, -0.2) is 11.5 Å². The first-order valence-electron chi connectivity index (χ1n) is 5.57. The topological polar surface area (TPSA) is 52.4 Å². The highest BCUT2D eigenvalue weighted by Crippen LogP contribution is 2.26. The Labute approximate surface area is 94.4 Å². The molecule has 1 fully saturated rings. The second-order valence-corrected chi connectivity index (χ2v) is 4.24. The summed E-state index contributed by atoms with van der Waals surface area (Å²) in [4.78, 5) is 10.0. The highest BCUT2D eigenvalue weighted by molar-refractivity contribution is 5.32. The van der Waals surface area contributed by atoms with Gasteiger partial charge in [-0.05, 0) is 36.5 Å². The van der Waals surface area contributed by atoms with E-state index < -0.39 is 0 Å². The molecule has 1 aromatic rings. The molecule has 0 atom stereocenters. The quantitative estimate of drug-likeness (QED) is 0.567. The lowest BCUT2D eigenvalue weighted by molar-refractivity contribution is -0.384. The van der Waals surface area contributed by atoms with Gasteiger partial charge in [0, 0.05) is 18.7 Å². The molecule has 16 heavy (non-hydrogen) atoms. The molecule has 0 saturated heterocycles. The van der Waals surface area contributed by atoms with Crippen molar-refractivity contribution in [2.24, 2.45) is 5.92 Å². The standard InChI is InChI=1S/C12H15NO3/c14-13(15)12-6-4-11(5-7-12)9-16-8-10-2-1-3-10/h4-7,10H,1-3,8-9H2. The minimum atomic E-state index is -0.390. The van der Waals surface area contributed by atoms with Gasteiger partial charge in [0.15, 0.2) is 0 Å². The monoisotopic (exact) mass is 221 g/mol. The van der Waals surface area contributed by atoms with Crippen molar-refractivity contribution in [3.63, 3.8) is 0 Å².